The second-order valence-corrected chi connectivity index (χ2v) is 7.90. The number of ether oxygens (including phenoxy) is 1. The molecule has 0 amide bonds. The zero-order chi connectivity index (χ0) is 14.8. The van der Waals surface area contributed by atoms with Crippen molar-refractivity contribution < 1.29 is 13.2 Å². The highest BCUT2D eigenvalue weighted by Crippen LogP contribution is 2.18. The zero-order valence-electron chi connectivity index (χ0n) is 12.1. The van der Waals surface area contributed by atoms with Gasteiger partial charge in [-0.1, -0.05) is 0 Å². The molecule has 1 aliphatic rings. The van der Waals surface area contributed by atoms with Crippen LogP contribution in [0.1, 0.15) is 26.5 Å². The van der Waals surface area contributed by atoms with Gasteiger partial charge in [0.2, 0.25) is 0 Å². The number of hydrogen-bond donors (Lipinski definition) is 0. The van der Waals surface area contributed by atoms with Crippen LogP contribution in [0.4, 0.5) is 5.82 Å². The Morgan fingerprint density at radius 3 is 2.85 bits per heavy atom. The van der Waals surface area contributed by atoms with E-state index in [-0.39, 0.29) is 11.8 Å². The van der Waals surface area contributed by atoms with Crippen LogP contribution in [0.15, 0.2) is 12.4 Å². The lowest BCUT2D eigenvalue weighted by Crippen LogP contribution is -2.44. The summed E-state index contributed by atoms with van der Waals surface area (Å²) in [5, 5.41) is -0.400. The van der Waals surface area contributed by atoms with Crippen LogP contribution in [-0.2, 0) is 20.3 Å². The van der Waals surface area contributed by atoms with Crippen molar-refractivity contribution in [1.29, 1.82) is 0 Å². The van der Waals surface area contributed by atoms with E-state index in [4.69, 9.17) is 4.74 Å². The van der Waals surface area contributed by atoms with Gasteiger partial charge >= 0.3 is 0 Å². The number of nitrogens with zero attached hydrogens (tertiary/aromatic N) is 3. The highest BCUT2D eigenvalue weighted by atomic mass is 32.2. The van der Waals surface area contributed by atoms with E-state index >= 15 is 0 Å². The lowest BCUT2D eigenvalue weighted by atomic mass is 10.2. The van der Waals surface area contributed by atoms with Gasteiger partial charge in [-0.3, -0.25) is 0 Å². The molecule has 1 aromatic heterocycles. The molecule has 1 aliphatic heterocycles. The summed E-state index contributed by atoms with van der Waals surface area (Å²) in [6, 6.07) is 2.00. The van der Waals surface area contributed by atoms with Gasteiger partial charge in [0.25, 0.3) is 0 Å². The summed E-state index contributed by atoms with van der Waals surface area (Å²) in [6.45, 7) is 7.50. The van der Waals surface area contributed by atoms with Crippen molar-refractivity contribution in [1.82, 2.24) is 9.97 Å². The van der Waals surface area contributed by atoms with Crippen LogP contribution in [0.2, 0.25) is 0 Å². The van der Waals surface area contributed by atoms with Gasteiger partial charge in [-0.15, -0.1) is 0 Å². The molecule has 7 heteroatoms. The highest BCUT2D eigenvalue weighted by Gasteiger charge is 2.22. The number of aromatic nitrogens is 2. The van der Waals surface area contributed by atoms with Crippen LogP contribution in [0, 0.1) is 0 Å². The quantitative estimate of drug-likeness (QED) is 0.826. The first-order valence-corrected chi connectivity index (χ1v) is 8.48. The van der Waals surface area contributed by atoms with Crippen LogP contribution < -0.4 is 4.90 Å². The number of rotatable bonds is 4. The molecular weight excluding hydrogens is 278 g/mol. The predicted molar refractivity (Wildman–Crippen MR) is 77.4 cm³/mol. The molecule has 2 heterocycles. The van der Waals surface area contributed by atoms with Crippen LogP contribution >= 0.6 is 0 Å². The van der Waals surface area contributed by atoms with E-state index in [1.54, 1.807) is 19.9 Å². The van der Waals surface area contributed by atoms with Gasteiger partial charge in [0, 0.05) is 12.6 Å². The molecule has 0 bridgehead atoms. The van der Waals surface area contributed by atoms with Gasteiger partial charge < -0.3 is 9.64 Å². The molecule has 6 nitrogen and oxygen atoms in total. The Morgan fingerprint density at radius 1 is 1.45 bits per heavy atom. The summed E-state index contributed by atoms with van der Waals surface area (Å²) < 4.78 is 29.3. The average Bonchev–Trinajstić information content (AvgIpc) is 2.39. The molecule has 112 valence electrons. The predicted octanol–water partition coefficient (Wildman–Crippen LogP) is 1.02. The summed E-state index contributed by atoms with van der Waals surface area (Å²) in [7, 11) is -3.15. The fraction of sp³-hybridized carbons (Fsp3) is 0.692. The Hall–Kier alpha value is -1.21. The molecule has 1 aromatic rings. The third-order valence-corrected chi connectivity index (χ3v) is 5.57. The molecule has 20 heavy (non-hydrogen) atoms. The van der Waals surface area contributed by atoms with Crippen molar-refractivity contribution >= 4 is 15.7 Å². The molecule has 0 aromatic carbocycles. The smallest absolute Gasteiger partial charge is 0.158 e. The molecule has 0 spiro atoms. The average molecular weight is 299 g/mol. The van der Waals surface area contributed by atoms with Gasteiger partial charge in [-0.05, 0) is 20.8 Å². The topological polar surface area (TPSA) is 72.4 Å². The normalized spacial score (nSPS) is 20.4. The first-order valence-electron chi connectivity index (χ1n) is 6.77. The van der Waals surface area contributed by atoms with Crippen LogP contribution in [0.5, 0.6) is 0 Å². The Bertz CT molecular complexity index is 560. The Balaban J connectivity index is 2.20. The molecular formula is C13H21N3O3S. The van der Waals surface area contributed by atoms with E-state index in [9.17, 15) is 8.42 Å². The second-order valence-electron chi connectivity index (χ2n) is 5.34. The van der Waals surface area contributed by atoms with E-state index in [1.807, 2.05) is 0 Å². The molecule has 0 radical (unpaired) electrons. The van der Waals surface area contributed by atoms with E-state index in [1.165, 1.54) is 6.33 Å². The first-order chi connectivity index (χ1) is 9.40. The maximum absolute atomic E-state index is 12.0. The maximum Gasteiger partial charge on any atom is 0.158 e. The number of sulfone groups is 1. The third-order valence-electron chi connectivity index (χ3n) is 3.44. The van der Waals surface area contributed by atoms with Crippen molar-refractivity contribution in [3.63, 3.8) is 0 Å². The van der Waals surface area contributed by atoms with E-state index in [2.05, 4.69) is 21.8 Å². The second kappa shape index (κ2) is 6.05. The fourth-order valence-electron chi connectivity index (χ4n) is 2.06. The Morgan fingerprint density at radius 2 is 2.20 bits per heavy atom. The van der Waals surface area contributed by atoms with Crippen LogP contribution in [0.3, 0.4) is 0 Å². The van der Waals surface area contributed by atoms with Gasteiger partial charge in [-0.25, -0.2) is 18.4 Å². The molecule has 2 rings (SSSR count). The molecule has 1 atom stereocenters. The number of morpholine rings is 1. The summed E-state index contributed by atoms with van der Waals surface area (Å²) in [6.07, 6.45) is 1.43. The summed E-state index contributed by atoms with van der Waals surface area (Å²) in [5.74, 6) is 0.726. The van der Waals surface area contributed by atoms with Crippen molar-refractivity contribution in [2.24, 2.45) is 0 Å². The van der Waals surface area contributed by atoms with Gasteiger partial charge in [0.1, 0.15) is 12.1 Å². The third kappa shape index (κ3) is 3.46. The van der Waals surface area contributed by atoms with Crippen LogP contribution in [-0.4, -0.2) is 49.4 Å². The minimum absolute atomic E-state index is 0.0428. The number of hydrogen-bond acceptors (Lipinski definition) is 6. The van der Waals surface area contributed by atoms with Crippen molar-refractivity contribution in [2.45, 2.75) is 37.8 Å². The summed E-state index contributed by atoms with van der Waals surface area (Å²) in [4.78, 5) is 10.5. The van der Waals surface area contributed by atoms with Crippen molar-refractivity contribution in [2.75, 3.05) is 24.7 Å². The minimum Gasteiger partial charge on any atom is -0.377 e. The monoisotopic (exact) mass is 299 g/mol. The minimum atomic E-state index is -3.15. The zero-order valence-corrected chi connectivity index (χ0v) is 12.9. The fourth-order valence-corrected chi connectivity index (χ4v) is 2.97. The maximum atomic E-state index is 12.0. The van der Waals surface area contributed by atoms with E-state index in [0.717, 1.165) is 12.4 Å². The highest BCUT2D eigenvalue weighted by molar-refractivity contribution is 7.91. The molecule has 1 saturated heterocycles. The van der Waals surface area contributed by atoms with Crippen molar-refractivity contribution in [3.05, 3.63) is 18.1 Å². The van der Waals surface area contributed by atoms with Gasteiger partial charge in [0.15, 0.2) is 9.84 Å². The first kappa shape index (κ1) is 15.2. The largest absolute Gasteiger partial charge is 0.377 e. The van der Waals surface area contributed by atoms with E-state index in [0.29, 0.717) is 18.9 Å². The molecule has 1 fully saturated rings. The lowest BCUT2D eigenvalue weighted by Gasteiger charge is -2.34. The SMILES string of the molecule is CC(C)S(=O)(=O)Cc1cc(N2CCOC[C@@H]2C)ncn1. The molecule has 0 saturated carbocycles. The molecule has 0 aliphatic carbocycles. The van der Waals surface area contributed by atoms with Gasteiger partial charge in [0.05, 0.1) is 36.0 Å². The Labute approximate surface area is 120 Å². The Kier molecular flexibility index (Phi) is 4.59. The summed E-state index contributed by atoms with van der Waals surface area (Å²) in [5.41, 5.74) is 0.544. The van der Waals surface area contributed by atoms with Crippen LogP contribution in [0.25, 0.3) is 0 Å². The van der Waals surface area contributed by atoms with Gasteiger partial charge in [-0.2, -0.15) is 0 Å². The van der Waals surface area contributed by atoms with Crippen molar-refractivity contribution in [3.8, 4) is 0 Å². The molecule has 0 unspecified atom stereocenters. The number of anilines is 1. The lowest BCUT2D eigenvalue weighted by molar-refractivity contribution is 0.0985. The summed E-state index contributed by atoms with van der Waals surface area (Å²) >= 11 is 0. The standard InChI is InChI=1S/C13H21N3O3S/c1-10(2)20(17,18)8-12-6-13(15-9-14-12)16-4-5-19-7-11(16)3/h6,9-11H,4-5,7-8H2,1-3H3/t11-/m0/s1. The molecule has 0 N–H and O–H groups in total. The van der Waals surface area contributed by atoms with E-state index < -0.39 is 15.1 Å².